The van der Waals surface area contributed by atoms with Crippen molar-refractivity contribution < 1.29 is 14.3 Å². The van der Waals surface area contributed by atoms with Gasteiger partial charge in [-0.15, -0.1) is 10.2 Å². The number of amides is 2. The van der Waals surface area contributed by atoms with Gasteiger partial charge in [0.1, 0.15) is 10.8 Å². The van der Waals surface area contributed by atoms with Crippen molar-refractivity contribution >= 4 is 40.4 Å². The van der Waals surface area contributed by atoms with E-state index in [-0.39, 0.29) is 22.7 Å². The van der Waals surface area contributed by atoms with Crippen molar-refractivity contribution in [3.05, 3.63) is 69.1 Å². The minimum Gasteiger partial charge on any atom is -0.496 e. The normalized spacial score (nSPS) is 16.1. The molecule has 4 rings (SSSR count). The zero-order chi connectivity index (χ0) is 21.8. The van der Waals surface area contributed by atoms with Crippen molar-refractivity contribution in [2.45, 2.75) is 18.8 Å². The maximum absolute atomic E-state index is 13.0. The standard InChI is InChI=1S/C22H21ClN4O3S/c1-30-18-7-3-2-6-17(18)22(29)27-12-4-5-14(13-27)20-25-26-21(31-20)19(28)24-16-10-8-15(23)9-11-16/h2-3,6-11,14H,4-5,12-13H2,1H3,(H,24,28)/t14-/m1/s1. The molecule has 0 saturated carbocycles. The second kappa shape index (κ2) is 9.45. The molecule has 7 nitrogen and oxygen atoms in total. The predicted molar refractivity (Wildman–Crippen MR) is 120 cm³/mol. The lowest BCUT2D eigenvalue weighted by Crippen LogP contribution is -2.39. The first-order valence-corrected chi connectivity index (χ1v) is 11.1. The number of likely N-dealkylation sites (tertiary alicyclic amines) is 1. The van der Waals surface area contributed by atoms with Crippen LogP contribution in [0.3, 0.4) is 0 Å². The molecular formula is C22H21ClN4O3S. The van der Waals surface area contributed by atoms with Crippen LogP contribution in [0, 0.1) is 0 Å². The van der Waals surface area contributed by atoms with Crippen LogP contribution in [0.1, 0.15) is 43.9 Å². The monoisotopic (exact) mass is 456 g/mol. The van der Waals surface area contributed by atoms with Crippen molar-refractivity contribution in [3.63, 3.8) is 0 Å². The van der Waals surface area contributed by atoms with Crippen LogP contribution in [0.2, 0.25) is 5.02 Å². The third kappa shape index (κ3) is 4.86. The summed E-state index contributed by atoms with van der Waals surface area (Å²) in [6.45, 7) is 1.21. The Balaban J connectivity index is 1.44. The molecule has 0 spiro atoms. The van der Waals surface area contributed by atoms with Gasteiger partial charge in [-0.3, -0.25) is 9.59 Å². The van der Waals surface area contributed by atoms with E-state index in [1.165, 1.54) is 11.3 Å². The smallest absolute Gasteiger partial charge is 0.286 e. The zero-order valence-electron chi connectivity index (χ0n) is 16.9. The van der Waals surface area contributed by atoms with Crippen molar-refractivity contribution in [1.29, 1.82) is 0 Å². The Morgan fingerprint density at radius 1 is 1.16 bits per heavy atom. The predicted octanol–water partition coefficient (Wildman–Crippen LogP) is 4.47. The third-order valence-electron chi connectivity index (χ3n) is 5.13. The summed E-state index contributed by atoms with van der Waals surface area (Å²) in [7, 11) is 1.56. The summed E-state index contributed by atoms with van der Waals surface area (Å²) in [5, 5.41) is 12.8. The van der Waals surface area contributed by atoms with Gasteiger partial charge < -0.3 is 15.0 Å². The molecule has 0 aliphatic carbocycles. The number of para-hydroxylation sites is 1. The molecule has 1 aromatic heterocycles. The number of halogens is 1. The van der Waals surface area contributed by atoms with Crippen LogP contribution in [0.4, 0.5) is 5.69 Å². The van der Waals surface area contributed by atoms with Crippen molar-refractivity contribution in [2.75, 3.05) is 25.5 Å². The van der Waals surface area contributed by atoms with Gasteiger partial charge in [-0.05, 0) is 49.2 Å². The lowest BCUT2D eigenvalue weighted by Gasteiger charge is -2.32. The number of ether oxygens (including phenoxy) is 1. The number of rotatable bonds is 5. The SMILES string of the molecule is COc1ccccc1C(=O)N1CCC[C@@H](c2nnc(C(=O)Nc3ccc(Cl)cc3)s2)C1. The van der Waals surface area contributed by atoms with Gasteiger partial charge in [-0.1, -0.05) is 35.1 Å². The van der Waals surface area contributed by atoms with Gasteiger partial charge in [0.2, 0.25) is 5.01 Å². The number of nitrogens with one attached hydrogen (secondary N) is 1. The van der Waals surface area contributed by atoms with Crippen LogP contribution in [0.25, 0.3) is 0 Å². The highest BCUT2D eigenvalue weighted by Crippen LogP contribution is 2.31. The van der Waals surface area contributed by atoms with Gasteiger partial charge in [0.25, 0.3) is 11.8 Å². The molecule has 3 aromatic rings. The fourth-order valence-electron chi connectivity index (χ4n) is 3.56. The molecule has 2 aromatic carbocycles. The van der Waals surface area contributed by atoms with Crippen LogP contribution < -0.4 is 10.1 Å². The highest BCUT2D eigenvalue weighted by Gasteiger charge is 2.29. The topological polar surface area (TPSA) is 84.4 Å². The number of benzene rings is 2. The Labute approximate surface area is 189 Å². The second-order valence-corrected chi connectivity index (χ2v) is 8.64. The summed E-state index contributed by atoms with van der Waals surface area (Å²) in [4.78, 5) is 27.4. The molecule has 2 amide bonds. The quantitative estimate of drug-likeness (QED) is 0.612. The van der Waals surface area contributed by atoms with Gasteiger partial charge in [-0.25, -0.2) is 0 Å². The van der Waals surface area contributed by atoms with Gasteiger partial charge in [0.15, 0.2) is 0 Å². The van der Waals surface area contributed by atoms with Crippen molar-refractivity contribution in [1.82, 2.24) is 15.1 Å². The third-order valence-corrected chi connectivity index (χ3v) is 6.47. The van der Waals surface area contributed by atoms with Crippen LogP contribution in [0.15, 0.2) is 48.5 Å². The largest absolute Gasteiger partial charge is 0.496 e. The number of piperidine rings is 1. The van der Waals surface area contributed by atoms with E-state index in [4.69, 9.17) is 16.3 Å². The highest BCUT2D eigenvalue weighted by atomic mass is 35.5. The Kier molecular flexibility index (Phi) is 6.48. The Morgan fingerprint density at radius 3 is 2.71 bits per heavy atom. The fraction of sp³-hybridized carbons (Fsp3) is 0.273. The molecule has 0 unspecified atom stereocenters. The number of nitrogens with zero attached hydrogens (tertiary/aromatic N) is 3. The number of carbonyl (C=O) groups is 2. The lowest BCUT2D eigenvalue weighted by molar-refractivity contribution is 0.0703. The highest BCUT2D eigenvalue weighted by molar-refractivity contribution is 7.13. The fourth-order valence-corrected chi connectivity index (χ4v) is 4.55. The first-order chi connectivity index (χ1) is 15.0. The number of hydrogen-bond donors (Lipinski definition) is 1. The molecule has 1 aliphatic rings. The lowest BCUT2D eigenvalue weighted by atomic mass is 9.98. The second-order valence-electron chi connectivity index (χ2n) is 7.20. The maximum atomic E-state index is 13.0. The average molecular weight is 457 g/mol. The van der Waals surface area contributed by atoms with Crippen LogP contribution in [0.5, 0.6) is 5.75 Å². The van der Waals surface area contributed by atoms with E-state index in [1.54, 1.807) is 43.5 Å². The van der Waals surface area contributed by atoms with Gasteiger partial charge in [0.05, 0.1) is 12.7 Å². The first-order valence-electron chi connectivity index (χ1n) is 9.88. The Bertz CT molecular complexity index is 1090. The molecule has 2 heterocycles. The van der Waals surface area contributed by atoms with E-state index < -0.39 is 0 Å². The van der Waals surface area contributed by atoms with E-state index in [0.29, 0.717) is 35.1 Å². The van der Waals surface area contributed by atoms with E-state index in [2.05, 4.69) is 15.5 Å². The molecule has 9 heteroatoms. The van der Waals surface area contributed by atoms with E-state index in [9.17, 15) is 9.59 Å². The number of anilines is 1. The van der Waals surface area contributed by atoms with Crippen LogP contribution in [-0.4, -0.2) is 47.1 Å². The molecule has 0 bridgehead atoms. The molecule has 31 heavy (non-hydrogen) atoms. The first kappa shape index (κ1) is 21.3. The van der Waals surface area contributed by atoms with E-state index >= 15 is 0 Å². The summed E-state index contributed by atoms with van der Waals surface area (Å²) in [6, 6.07) is 14.1. The van der Waals surface area contributed by atoms with Crippen LogP contribution in [-0.2, 0) is 0 Å². The molecule has 1 aliphatic heterocycles. The Morgan fingerprint density at radius 2 is 1.94 bits per heavy atom. The van der Waals surface area contributed by atoms with Crippen molar-refractivity contribution in [2.24, 2.45) is 0 Å². The average Bonchev–Trinajstić information content (AvgIpc) is 3.31. The van der Waals surface area contributed by atoms with E-state index in [0.717, 1.165) is 17.8 Å². The number of hydrogen-bond acceptors (Lipinski definition) is 6. The van der Waals surface area contributed by atoms with Crippen molar-refractivity contribution in [3.8, 4) is 5.75 Å². The molecule has 0 radical (unpaired) electrons. The van der Waals surface area contributed by atoms with E-state index in [1.807, 2.05) is 17.0 Å². The van der Waals surface area contributed by atoms with Gasteiger partial charge >= 0.3 is 0 Å². The minimum atomic E-state index is -0.316. The summed E-state index contributed by atoms with van der Waals surface area (Å²) < 4.78 is 5.33. The molecule has 1 atom stereocenters. The van der Waals surface area contributed by atoms with Gasteiger partial charge in [0, 0.05) is 29.7 Å². The molecule has 1 N–H and O–H groups in total. The minimum absolute atomic E-state index is 0.0435. The summed E-state index contributed by atoms with van der Waals surface area (Å²) in [6.07, 6.45) is 1.75. The molecule has 160 valence electrons. The maximum Gasteiger partial charge on any atom is 0.286 e. The summed E-state index contributed by atoms with van der Waals surface area (Å²) in [5.74, 6) is 0.227. The number of methoxy groups -OCH3 is 1. The Hall–Kier alpha value is -2.97. The van der Waals surface area contributed by atoms with Crippen LogP contribution >= 0.6 is 22.9 Å². The molecule has 1 fully saturated rings. The number of aromatic nitrogens is 2. The summed E-state index contributed by atoms with van der Waals surface area (Å²) >= 11 is 7.14. The van der Waals surface area contributed by atoms with Gasteiger partial charge in [-0.2, -0.15) is 0 Å². The summed E-state index contributed by atoms with van der Waals surface area (Å²) in [5.41, 5.74) is 1.18. The molecule has 1 saturated heterocycles. The molecular weight excluding hydrogens is 436 g/mol. The number of carbonyl (C=O) groups excluding carboxylic acids is 2. The zero-order valence-corrected chi connectivity index (χ0v) is 18.4.